The largest absolute Gasteiger partial charge is 0.490 e. The van der Waals surface area contributed by atoms with E-state index in [1.807, 2.05) is 50.2 Å². The molecular formula is C27H30N4O3S. The van der Waals surface area contributed by atoms with E-state index in [1.54, 1.807) is 6.08 Å². The third-order valence-electron chi connectivity index (χ3n) is 5.81. The third-order valence-corrected chi connectivity index (χ3v) is 6.88. The number of amides is 1. The van der Waals surface area contributed by atoms with Crippen molar-refractivity contribution in [1.82, 2.24) is 5.01 Å². The number of hydrogen-bond donors (Lipinski definition) is 1. The topological polar surface area (TPSA) is 87.3 Å². The van der Waals surface area contributed by atoms with Crippen LogP contribution in [-0.4, -0.2) is 40.2 Å². The molecule has 182 valence electrons. The summed E-state index contributed by atoms with van der Waals surface area (Å²) in [5.41, 5.74) is 3.34. The lowest BCUT2D eigenvalue weighted by Crippen LogP contribution is -2.35. The molecule has 0 spiro atoms. The van der Waals surface area contributed by atoms with E-state index >= 15 is 0 Å². The van der Waals surface area contributed by atoms with Gasteiger partial charge in [-0.1, -0.05) is 32.0 Å². The van der Waals surface area contributed by atoms with Gasteiger partial charge in [-0.25, -0.2) is 0 Å². The number of rotatable bonds is 9. The Morgan fingerprint density at radius 3 is 2.26 bits per heavy atom. The number of hydrogen-bond acceptors (Lipinski definition) is 6. The number of ether oxygens (including phenoxy) is 2. The Balaban J connectivity index is 1.37. The molecule has 2 aromatic carbocycles. The molecule has 2 aromatic rings. The van der Waals surface area contributed by atoms with E-state index in [0.29, 0.717) is 30.0 Å². The molecule has 0 saturated carbocycles. The minimum atomic E-state index is -0.418. The number of hydrazone groups is 1. The van der Waals surface area contributed by atoms with Crippen molar-refractivity contribution in [2.24, 2.45) is 16.0 Å². The van der Waals surface area contributed by atoms with Crippen LogP contribution in [0.1, 0.15) is 43.4 Å². The molecule has 0 bridgehead atoms. The Labute approximate surface area is 210 Å². The molecule has 35 heavy (non-hydrogen) atoms. The van der Waals surface area contributed by atoms with Crippen LogP contribution in [0, 0.1) is 25.2 Å². The summed E-state index contributed by atoms with van der Waals surface area (Å²) in [6.07, 6.45) is 3.59. The van der Waals surface area contributed by atoms with Crippen LogP contribution in [0.2, 0.25) is 0 Å². The first kappa shape index (κ1) is 24.7. The highest BCUT2D eigenvalue weighted by Crippen LogP contribution is 2.33. The molecule has 0 atom stereocenters. The molecule has 0 aromatic heterocycles. The summed E-state index contributed by atoms with van der Waals surface area (Å²) < 4.78 is 11.6. The van der Waals surface area contributed by atoms with Gasteiger partial charge in [-0.2, -0.15) is 15.1 Å². The third kappa shape index (κ3) is 5.82. The van der Waals surface area contributed by atoms with Gasteiger partial charge in [-0.05, 0) is 85.5 Å². The Hall–Kier alpha value is -3.39. The maximum atomic E-state index is 12.6. The highest BCUT2D eigenvalue weighted by molar-refractivity contribution is 8.27. The van der Waals surface area contributed by atoms with E-state index < -0.39 is 5.91 Å². The number of carbonyl (C=O) groups is 1. The summed E-state index contributed by atoms with van der Waals surface area (Å²) in [6, 6.07) is 13.5. The highest BCUT2D eigenvalue weighted by atomic mass is 32.2. The number of thioether (sulfide) groups is 1. The van der Waals surface area contributed by atoms with Crippen molar-refractivity contribution in [3.05, 3.63) is 64.7 Å². The molecule has 1 N–H and O–H groups in total. The lowest BCUT2D eigenvalue weighted by molar-refractivity contribution is -0.114. The normalized spacial score (nSPS) is 16.5. The zero-order valence-corrected chi connectivity index (χ0v) is 21.3. The summed E-state index contributed by atoms with van der Waals surface area (Å²) in [5.74, 6) is 1.49. The average molecular weight is 491 g/mol. The van der Waals surface area contributed by atoms with Gasteiger partial charge in [0, 0.05) is 5.92 Å². The quantitative estimate of drug-likeness (QED) is 0.354. The second kappa shape index (κ2) is 10.9. The van der Waals surface area contributed by atoms with Crippen molar-refractivity contribution < 1.29 is 14.3 Å². The van der Waals surface area contributed by atoms with Crippen molar-refractivity contribution in [2.75, 3.05) is 13.2 Å². The van der Waals surface area contributed by atoms with Gasteiger partial charge in [0.1, 0.15) is 29.8 Å². The van der Waals surface area contributed by atoms with E-state index in [1.165, 1.54) is 27.9 Å². The van der Waals surface area contributed by atoms with Crippen LogP contribution in [0.4, 0.5) is 0 Å². The maximum Gasteiger partial charge on any atom is 0.283 e. The van der Waals surface area contributed by atoms with Gasteiger partial charge in [0.25, 0.3) is 5.91 Å². The zero-order valence-electron chi connectivity index (χ0n) is 20.5. The number of carbonyl (C=O) groups excluding carboxylic acids is 1. The van der Waals surface area contributed by atoms with E-state index in [0.717, 1.165) is 29.2 Å². The summed E-state index contributed by atoms with van der Waals surface area (Å²) in [7, 11) is 0. The average Bonchev–Trinajstić information content (AvgIpc) is 3.24. The Morgan fingerprint density at radius 1 is 1.00 bits per heavy atom. The first-order valence-corrected chi connectivity index (χ1v) is 12.6. The van der Waals surface area contributed by atoms with Crippen LogP contribution in [0.3, 0.4) is 0 Å². The molecule has 8 heteroatoms. The van der Waals surface area contributed by atoms with Crippen LogP contribution in [-0.2, 0) is 4.79 Å². The minimum Gasteiger partial charge on any atom is -0.490 e. The number of aryl methyl sites for hydroxylation is 2. The highest BCUT2D eigenvalue weighted by Gasteiger charge is 2.37. The lowest BCUT2D eigenvalue weighted by atomic mass is 10.1. The van der Waals surface area contributed by atoms with Crippen molar-refractivity contribution in [2.45, 2.75) is 40.5 Å². The van der Waals surface area contributed by atoms with Crippen molar-refractivity contribution in [3.63, 3.8) is 0 Å². The minimum absolute atomic E-state index is 0.0531. The molecule has 1 amide bonds. The van der Waals surface area contributed by atoms with E-state index in [-0.39, 0.29) is 11.4 Å². The first-order chi connectivity index (χ1) is 16.9. The standard InChI is InChI=1S/C27H30N4O3S/c1-5-20(6-2)26-30-31-24(28)23(25(32)29-27(31)35-26)16-19-7-9-21(10-8-19)33-11-12-34-22-14-17(3)13-18(4)15-22/h7-10,13-16,20,28H,5-6,11-12H2,1-4H3. The molecular weight excluding hydrogens is 460 g/mol. The molecule has 4 rings (SSSR count). The van der Waals surface area contributed by atoms with Gasteiger partial charge < -0.3 is 9.47 Å². The SMILES string of the molecule is CCC(CC)C1=NN2C(=N)C(=Cc3ccc(OCCOc4cc(C)cc(C)c4)cc3)C(=O)N=C2S1. The van der Waals surface area contributed by atoms with Gasteiger partial charge in [-0.3, -0.25) is 10.2 Å². The molecule has 7 nitrogen and oxygen atoms in total. The van der Waals surface area contributed by atoms with Crippen LogP contribution in [0.5, 0.6) is 11.5 Å². The van der Waals surface area contributed by atoms with E-state index in [9.17, 15) is 4.79 Å². The summed E-state index contributed by atoms with van der Waals surface area (Å²) >= 11 is 1.39. The van der Waals surface area contributed by atoms with Gasteiger partial charge in [0.15, 0.2) is 5.84 Å². The fraction of sp³-hybridized carbons (Fsp3) is 0.333. The predicted octanol–water partition coefficient (Wildman–Crippen LogP) is 5.82. The van der Waals surface area contributed by atoms with Crippen molar-refractivity contribution in [1.29, 1.82) is 5.41 Å². The van der Waals surface area contributed by atoms with E-state index in [2.05, 4.69) is 30.0 Å². The second-order valence-corrected chi connectivity index (χ2v) is 9.55. The molecule has 0 aliphatic carbocycles. The molecule has 2 heterocycles. The van der Waals surface area contributed by atoms with Gasteiger partial charge >= 0.3 is 0 Å². The number of benzene rings is 2. The van der Waals surface area contributed by atoms with Crippen LogP contribution in [0.25, 0.3) is 6.08 Å². The fourth-order valence-corrected chi connectivity index (χ4v) is 5.13. The Bertz CT molecular complexity index is 1190. The molecule has 0 fully saturated rings. The van der Waals surface area contributed by atoms with Gasteiger partial charge in [-0.15, -0.1) is 0 Å². The number of aliphatic imine (C=N–C) groups is 1. The van der Waals surface area contributed by atoms with E-state index in [4.69, 9.17) is 14.9 Å². The molecule has 0 radical (unpaired) electrons. The van der Waals surface area contributed by atoms with Crippen LogP contribution < -0.4 is 9.47 Å². The number of nitrogens with one attached hydrogen (secondary N) is 1. The number of nitrogens with zero attached hydrogens (tertiary/aromatic N) is 3. The summed E-state index contributed by atoms with van der Waals surface area (Å²) in [5, 5.41) is 16.0. The summed E-state index contributed by atoms with van der Waals surface area (Å²) in [6.45, 7) is 9.17. The van der Waals surface area contributed by atoms with Crippen molar-refractivity contribution in [3.8, 4) is 11.5 Å². The molecule has 2 aliphatic rings. The fourth-order valence-electron chi connectivity index (χ4n) is 3.97. The van der Waals surface area contributed by atoms with Crippen molar-refractivity contribution >= 4 is 39.8 Å². The smallest absolute Gasteiger partial charge is 0.283 e. The first-order valence-electron chi connectivity index (χ1n) is 11.8. The monoisotopic (exact) mass is 490 g/mol. The maximum absolute atomic E-state index is 12.6. The molecule has 0 unspecified atom stereocenters. The predicted molar refractivity (Wildman–Crippen MR) is 142 cm³/mol. The zero-order chi connectivity index (χ0) is 24.9. The number of amidine groups is 2. The van der Waals surface area contributed by atoms with Gasteiger partial charge in [0.2, 0.25) is 5.17 Å². The van der Waals surface area contributed by atoms with Gasteiger partial charge in [0.05, 0.1) is 5.57 Å². The molecule has 0 saturated heterocycles. The second-order valence-electron chi connectivity index (χ2n) is 8.56. The van der Waals surface area contributed by atoms with Crippen LogP contribution >= 0.6 is 11.8 Å². The Kier molecular flexibility index (Phi) is 7.70. The summed E-state index contributed by atoms with van der Waals surface area (Å²) in [4.78, 5) is 16.8. The lowest BCUT2D eigenvalue weighted by Gasteiger charge is -2.20. The van der Waals surface area contributed by atoms with Crippen LogP contribution in [0.15, 0.2) is 58.1 Å². The number of fused-ring (bicyclic) bond motifs is 1. The molecule has 2 aliphatic heterocycles. The Morgan fingerprint density at radius 2 is 1.63 bits per heavy atom.